The lowest BCUT2D eigenvalue weighted by molar-refractivity contribution is -0.145. The molecule has 2 aliphatic heterocycles. The van der Waals surface area contributed by atoms with Gasteiger partial charge >= 0.3 is 6.09 Å². The van der Waals surface area contributed by atoms with Crippen LogP contribution in [0.1, 0.15) is 69.5 Å². The van der Waals surface area contributed by atoms with Crippen molar-refractivity contribution in [2.75, 3.05) is 26.2 Å². The standard InChI is InChI=1S/C25H39N5O5S/c1-16(2)17-3-5-18(6-4-17)22-20-15-19(35-24(26)32)7-8-21(20)25(9-11-28-12-10-25)23(31)30(22)14-13-29-36(27,33)34/h7-8,15-18,22,28-29H,3-6,9-14H2,1-2H3,(H2,26,32)(H2,27,33,34). The highest BCUT2D eigenvalue weighted by atomic mass is 32.2. The van der Waals surface area contributed by atoms with Gasteiger partial charge in [-0.1, -0.05) is 19.9 Å². The van der Waals surface area contributed by atoms with Gasteiger partial charge in [-0.05, 0) is 92.6 Å². The van der Waals surface area contributed by atoms with Crippen LogP contribution in [0.5, 0.6) is 5.75 Å². The number of hydrogen-bond donors (Lipinski definition) is 4. The molecular formula is C25H39N5O5S. The fraction of sp³-hybridized carbons (Fsp3) is 0.680. The number of primary amides is 1. The van der Waals surface area contributed by atoms with E-state index in [2.05, 4.69) is 23.9 Å². The molecule has 200 valence electrons. The Morgan fingerprint density at radius 2 is 1.89 bits per heavy atom. The Labute approximate surface area is 213 Å². The Morgan fingerprint density at radius 1 is 1.22 bits per heavy atom. The molecule has 3 aliphatic rings. The second kappa shape index (κ2) is 10.6. The number of ether oxygens (including phenoxy) is 1. The van der Waals surface area contributed by atoms with Crippen molar-refractivity contribution in [3.05, 3.63) is 29.3 Å². The Morgan fingerprint density at radius 3 is 2.47 bits per heavy atom. The molecule has 2 amide bonds. The summed E-state index contributed by atoms with van der Waals surface area (Å²) in [6.45, 7) is 6.16. The molecule has 1 aliphatic carbocycles. The third-order valence-electron chi connectivity index (χ3n) is 8.40. The number of amides is 2. The van der Waals surface area contributed by atoms with Gasteiger partial charge in [0.05, 0.1) is 11.5 Å². The van der Waals surface area contributed by atoms with Gasteiger partial charge in [-0.15, -0.1) is 0 Å². The average molecular weight is 522 g/mol. The van der Waals surface area contributed by atoms with Gasteiger partial charge in [-0.2, -0.15) is 8.42 Å². The van der Waals surface area contributed by atoms with Gasteiger partial charge in [0, 0.05) is 13.1 Å². The van der Waals surface area contributed by atoms with Crippen LogP contribution in [0.3, 0.4) is 0 Å². The maximum absolute atomic E-state index is 14.3. The third-order valence-corrected chi connectivity index (χ3v) is 9.01. The third kappa shape index (κ3) is 5.53. The van der Waals surface area contributed by atoms with Crippen LogP contribution in [-0.2, 0) is 20.4 Å². The van der Waals surface area contributed by atoms with Crippen molar-refractivity contribution in [1.82, 2.24) is 14.9 Å². The minimum absolute atomic E-state index is 0.0313. The summed E-state index contributed by atoms with van der Waals surface area (Å²) in [6.07, 6.45) is 4.49. The van der Waals surface area contributed by atoms with E-state index in [1.165, 1.54) is 0 Å². The number of nitrogens with two attached hydrogens (primary N) is 2. The van der Waals surface area contributed by atoms with E-state index in [1.54, 1.807) is 6.07 Å². The number of fused-ring (bicyclic) bond motifs is 2. The van der Waals surface area contributed by atoms with E-state index in [0.29, 0.717) is 43.5 Å². The lowest BCUT2D eigenvalue weighted by Crippen LogP contribution is -2.59. The van der Waals surface area contributed by atoms with Crippen LogP contribution in [0, 0.1) is 17.8 Å². The van der Waals surface area contributed by atoms with E-state index in [0.717, 1.165) is 36.8 Å². The molecule has 0 radical (unpaired) electrons. The van der Waals surface area contributed by atoms with Crippen LogP contribution in [0.2, 0.25) is 0 Å². The Balaban J connectivity index is 1.78. The molecule has 0 aromatic heterocycles. The molecule has 1 aromatic carbocycles. The molecule has 11 heteroatoms. The van der Waals surface area contributed by atoms with Crippen LogP contribution < -0.4 is 25.6 Å². The van der Waals surface area contributed by atoms with Gasteiger partial charge in [0.25, 0.3) is 10.2 Å². The van der Waals surface area contributed by atoms with Crippen molar-refractivity contribution >= 4 is 22.2 Å². The van der Waals surface area contributed by atoms with E-state index < -0.39 is 21.7 Å². The number of nitrogens with zero attached hydrogens (tertiary/aromatic N) is 1. The molecule has 2 heterocycles. The highest BCUT2D eigenvalue weighted by molar-refractivity contribution is 7.87. The molecule has 2 fully saturated rings. The molecule has 1 aromatic rings. The van der Waals surface area contributed by atoms with Crippen molar-refractivity contribution in [1.29, 1.82) is 0 Å². The summed E-state index contributed by atoms with van der Waals surface area (Å²) >= 11 is 0. The van der Waals surface area contributed by atoms with Crippen molar-refractivity contribution < 1.29 is 22.7 Å². The fourth-order valence-corrected chi connectivity index (χ4v) is 6.98. The fourth-order valence-electron chi connectivity index (χ4n) is 6.61. The summed E-state index contributed by atoms with van der Waals surface area (Å²) < 4.78 is 30.7. The number of piperidine rings is 1. The van der Waals surface area contributed by atoms with Crippen LogP contribution >= 0.6 is 0 Å². The van der Waals surface area contributed by atoms with E-state index in [-0.39, 0.29) is 31.0 Å². The molecule has 1 atom stereocenters. The van der Waals surface area contributed by atoms with Crippen molar-refractivity contribution in [3.63, 3.8) is 0 Å². The topological polar surface area (TPSA) is 157 Å². The van der Waals surface area contributed by atoms with E-state index in [9.17, 15) is 18.0 Å². The first-order valence-corrected chi connectivity index (χ1v) is 14.5. The molecular weight excluding hydrogens is 482 g/mol. The summed E-state index contributed by atoms with van der Waals surface area (Å²) in [5, 5.41) is 8.52. The highest BCUT2D eigenvalue weighted by Crippen LogP contribution is 2.51. The summed E-state index contributed by atoms with van der Waals surface area (Å²) in [5.41, 5.74) is 6.55. The van der Waals surface area contributed by atoms with Crippen LogP contribution in [0.25, 0.3) is 0 Å². The van der Waals surface area contributed by atoms with Gasteiger partial charge in [0.15, 0.2) is 0 Å². The summed E-state index contributed by atoms with van der Waals surface area (Å²) in [7, 11) is -3.88. The molecule has 10 nitrogen and oxygen atoms in total. The lowest BCUT2D eigenvalue weighted by atomic mass is 9.63. The SMILES string of the molecule is CC(C)C1CCC(C2c3cc(OC(N)=O)ccc3C3(CCNCC3)C(=O)N2CCNS(N)(=O)=O)CC1. The predicted molar refractivity (Wildman–Crippen MR) is 136 cm³/mol. The molecule has 36 heavy (non-hydrogen) atoms. The van der Waals surface area contributed by atoms with Crippen molar-refractivity contribution in [2.45, 2.75) is 63.8 Å². The van der Waals surface area contributed by atoms with Gasteiger partial charge in [0.2, 0.25) is 5.91 Å². The Hall–Kier alpha value is -2.21. The Bertz CT molecular complexity index is 1080. The van der Waals surface area contributed by atoms with Gasteiger partial charge in [-0.3, -0.25) is 4.79 Å². The maximum Gasteiger partial charge on any atom is 0.409 e. The maximum atomic E-state index is 14.3. The van der Waals surface area contributed by atoms with E-state index >= 15 is 0 Å². The molecule has 4 rings (SSSR count). The van der Waals surface area contributed by atoms with Gasteiger partial charge < -0.3 is 20.7 Å². The molecule has 1 unspecified atom stereocenters. The molecule has 1 spiro atoms. The smallest absolute Gasteiger partial charge is 0.409 e. The number of carbonyl (C=O) groups is 2. The highest BCUT2D eigenvalue weighted by Gasteiger charge is 2.52. The second-order valence-electron chi connectivity index (χ2n) is 10.8. The zero-order valence-corrected chi connectivity index (χ0v) is 22.0. The van der Waals surface area contributed by atoms with E-state index in [4.69, 9.17) is 15.6 Å². The first-order chi connectivity index (χ1) is 17.0. The van der Waals surface area contributed by atoms with Crippen molar-refractivity contribution in [2.24, 2.45) is 28.6 Å². The zero-order chi connectivity index (χ0) is 26.1. The van der Waals surface area contributed by atoms with Crippen LogP contribution in [0.15, 0.2) is 18.2 Å². The first-order valence-electron chi connectivity index (χ1n) is 12.9. The molecule has 1 saturated carbocycles. The normalized spacial score (nSPS) is 26.2. The molecule has 1 saturated heterocycles. The van der Waals surface area contributed by atoms with Crippen LogP contribution in [-0.4, -0.2) is 51.5 Å². The lowest BCUT2D eigenvalue weighted by Gasteiger charge is -2.52. The first kappa shape index (κ1) is 26.8. The molecule has 0 bridgehead atoms. The zero-order valence-electron chi connectivity index (χ0n) is 21.2. The largest absolute Gasteiger partial charge is 0.410 e. The van der Waals surface area contributed by atoms with E-state index in [1.807, 2.05) is 17.0 Å². The number of rotatable bonds is 7. The van der Waals surface area contributed by atoms with Gasteiger partial charge in [0.1, 0.15) is 5.75 Å². The monoisotopic (exact) mass is 521 g/mol. The number of hydrogen-bond acceptors (Lipinski definition) is 6. The van der Waals surface area contributed by atoms with Crippen LogP contribution in [0.4, 0.5) is 4.79 Å². The summed E-state index contributed by atoms with van der Waals surface area (Å²) in [5.74, 6) is 1.85. The van der Waals surface area contributed by atoms with Crippen molar-refractivity contribution in [3.8, 4) is 5.75 Å². The second-order valence-corrected chi connectivity index (χ2v) is 12.2. The number of benzene rings is 1. The molecule has 6 N–H and O–H groups in total. The Kier molecular flexibility index (Phi) is 7.94. The number of carbonyl (C=O) groups excluding carboxylic acids is 2. The predicted octanol–water partition coefficient (Wildman–Crippen LogP) is 1.90. The van der Waals surface area contributed by atoms with Gasteiger partial charge in [-0.25, -0.2) is 14.7 Å². The summed E-state index contributed by atoms with van der Waals surface area (Å²) in [6, 6.07) is 5.24. The minimum atomic E-state index is -3.88. The summed E-state index contributed by atoms with van der Waals surface area (Å²) in [4.78, 5) is 27.7. The quantitative estimate of drug-likeness (QED) is 0.429. The average Bonchev–Trinajstić information content (AvgIpc) is 2.82. The minimum Gasteiger partial charge on any atom is -0.410 e. The number of nitrogens with one attached hydrogen (secondary N) is 2.